The Kier molecular flexibility index (Phi) is 4.79. The van der Waals surface area contributed by atoms with Gasteiger partial charge in [-0.05, 0) is 43.0 Å². The van der Waals surface area contributed by atoms with E-state index in [-0.39, 0.29) is 5.56 Å². The first-order chi connectivity index (χ1) is 13.2. The number of hydrogen-bond donors (Lipinski definition) is 1. The number of rotatable bonds is 6. The van der Waals surface area contributed by atoms with Crippen LogP contribution in [0.5, 0.6) is 5.75 Å². The van der Waals surface area contributed by atoms with E-state index in [1.54, 1.807) is 19.4 Å². The summed E-state index contributed by atoms with van der Waals surface area (Å²) in [6, 6.07) is 19.6. The maximum atomic E-state index is 11.2. The molecule has 0 aliphatic heterocycles. The average Bonchev–Trinajstić information content (AvgIpc) is 3.08. The van der Waals surface area contributed by atoms with Gasteiger partial charge in [-0.2, -0.15) is 0 Å². The Morgan fingerprint density at radius 3 is 2.59 bits per heavy atom. The number of furan rings is 1. The van der Waals surface area contributed by atoms with E-state index in [4.69, 9.17) is 9.15 Å². The van der Waals surface area contributed by atoms with Crippen molar-refractivity contribution in [1.82, 2.24) is 4.98 Å². The minimum absolute atomic E-state index is 0.0713. The lowest BCUT2D eigenvalue weighted by Gasteiger charge is -2.05. The lowest BCUT2D eigenvalue weighted by Crippen LogP contribution is -2.03. The Morgan fingerprint density at radius 2 is 1.85 bits per heavy atom. The van der Waals surface area contributed by atoms with Gasteiger partial charge >= 0.3 is 0 Å². The van der Waals surface area contributed by atoms with Crippen molar-refractivity contribution >= 4 is 11.0 Å². The molecule has 0 atom stereocenters. The SMILES string of the molecule is COc1ccc2oc(-c3ccccc3)c(CCCc3ccc(=O)[nH]c3)c2c1. The van der Waals surface area contributed by atoms with Crippen LogP contribution in [0.4, 0.5) is 0 Å². The van der Waals surface area contributed by atoms with Crippen molar-refractivity contribution in [3.63, 3.8) is 0 Å². The molecule has 0 radical (unpaired) electrons. The van der Waals surface area contributed by atoms with Crippen molar-refractivity contribution in [3.8, 4) is 17.1 Å². The number of aryl methyl sites for hydroxylation is 2. The molecule has 0 fully saturated rings. The number of pyridine rings is 1. The maximum absolute atomic E-state index is 11.2. The van der Waals surface area contributed by atoms with Crippen molar-refractivity contribution in [2.75, 3.05) is 7.11 Å². The molecule has 0 amide bonds. The summed E-state index contributed by atoms with van der Waals surface area (Å²) in [5.74, 6) is 1.74. The first-order valence-corrected chi connectivity index (χ1v) is 9.07. The van der Waals surface area contributed by atoms with Crippen LogP contribution in [0.1, 0.15) is 17.5 Å². The molecule has 0 spiro atoms. The Labute approximate surface area is 157 Å². The molecule has 27 heavy (non-hydrogen) atoms. The van der Waals surface area contributed by atoms with E-state index in [0.717, 1.165) is 52.9 Å². The lowest BCUT2D eigenvalue weighted by atomic mass is 9.99. The van der Waals surface area contributed by atoms with Crippen LogP contribution in [0.2, 0.25) is 0 Å². The highest BCUT2D eigenvalue weighted by Crippen LogP contribution is 2.36. The molecule has 1 N–H and O–H groups in total. The normalized spacial score (nSPS) is 11.0. The van der Waals surface area contributed by atoms with Crippen LogP contribution in [-0.2, 0) is 12.8 Å². The summed E-state index contributed by atoms with van der Waals surface area (Å²) < 4.78 is 11.6. The molecule has 0 bridgehead atoms. The second kappa shape index (κ2) is 7.54. The van der Waals surface area contributed by atoms with Crippen LogP contribution in [0.15, 0.2) is 76.1 Å². The highest BCUT2D eigenvalue weighted by molar-refractivity contribution is 5.89. The summed E-state index contributed by atoms with van der Waals surface area (Å²) in [4.78, 5) is 13.9. The third-order valence-corrected chi connectivity index (χ3v) is 4.77. The molecule has 4 heteroatoms. The Bertz CT molecular complexity index is 1090. The minimum atomic E-state index is -0.0713. The molecule has 0 aliphatic rings. The molecule has 4 nitrogen and oxygen atoms in total. The summed E-state index contributed by atoms with van der Waals surface area (Å²) >= 11 is 0. The third-order valence-electron chi connectivity index (χ3n) is 4.77. The van der Waals surface area contributed by atoms with Crippen LogP contribution in [0.25, 0.3) is 22.3 Å². The van der Waals surface area contributed by atoms with Crippen molar-refractivity contribution in [2.24, 2.45) is 0 Å². The minimum Gasteiger partial charge on any atom is -0.497 e. The standard InChI is InChI=1S/C23H21NO3/c1-26-18-11-12-21-20(14-18)19(23(27-21)17-7-3-2-4-8-17)9-5-6-16-10-13-22(25)24-15-16/h2-4,7-8,10-15H,5-6,9H2,1H3,(H,24,25). The summed E-state index contributed by atoms with van der Waals surface area (Å²) in [5, 5.41) is 1.09. The van der Waals surface area contributed by atoms with Crippen molar-refractivity contribution in [2.45, 2.75) is 19.3 Å². The first kappa shape index (κ1) is 17.2. The molecular formula is C23H21NO3. The number of ether oxygens (including phenoxy) is 1. The van der Waals surface area contributed by atoms with E-state index in [0.29, 0.717) is 0 Å². The zero-order valence-electron chi connectivity index (χ0n) is 15.2. The quantitative estimate of drug-likeness (QED) is 0.529. The number of aromatic nitrogens is 1. The van der Waals surface area contributed by atoms with Crippen molar-refractivity contribution in [3.05, 3.63) is 88.3 Å². The van der Waals surface area contributed by atoms with Gasteiger partial charge in [0.25, 0.3) is 0 Å². The second-order valence-corrected chi connectivity index (χ2v) is 6.55. The number of nitrogens with one attached hydrogen (secondary N) is 1. The highest BCUT2D eigenvalue weighted by atomic mass is 16.5. The fourth-order valence-electron chi connectivity index (χ4n) is 3.39. The third kappa shape index (κ3) is 3.65. The molecule has 0 saturated heterocycles. The molecule has 0 unspecified atom stereocenters. The molecule has 0 aliphatic carbocycles. The molecule has 2 heterocycles. The topological polar surface area (TPSA) is 55.2 Å². The predicted octanol–water partition coefficient (Wildman–Crippen LogP) is 4.97. The molecule has 136 valence electrons. The molecule has 2 aromatic carbocycles. The van der Waals surface area contributed by atoms with Gasteiger partial charge in [0, 0.05) is 28.8 Å². The lowest BCUT2D eigenvalue weighted by molar-refractivity contribution is 0.415. The van der Waals surface area contributed by atoms with Crippen LogP contribution in [-0.4, -0.2) is 12.1 Å². The van der Waals surface area contributed by atoms with Crippen LogP contribution in [0, 0.1) is 0 Å². The zero-order valence-corrected chi connectivity index (χ0v) is 15.2. The summed E-state index contributed by atoms with van der Waals surface area (Å²) in [6.07, 6.45) is 4.51. The number of hydrogen-bond acceptors (Lipinski definition) is 3. The smallest absolute Gasteiger partial charge is 0.247 e. The molecule has 4 rings (SSSR count). The number of fused-ring (bicyclic) bond motifs is 1. The Hall–Kier alpha value is -3.27. The first-order valence-electron chi connectivity index (χ1n) is 9.07. The Balaban J connectivity index is 1.67. The van der Waals surface area contributed by atoms with E-state index in [9.17, 15) is 4.79 Å². The summed E-state index contributed by atoms with van der Waals surface area (Å²) in [6.45, 7) is 0. The maximum Gasteiger partial charge on any atom is 0.247 e. The summed E-state index contributed by atoms with van der Waals surface area (Å²) in [5.41, 5.74) is 4.19. The molecule has 0 saturated carbocycles. The van der Waals surface area contributed by atoms with E-state index >= 15 is 0 Å². The van der Waals surface area contributed by atoms with Crippen LogP contribution in [0.3, 0.4) is 0 Å². The van der Waals surface area contributed by atoms with Gasteiger partial charge in [0.15, 0.2) is 0 Å². The number of H-pyrrole nitrogens is 1. The summed E-state index contributed by atoms with van der Waals surface area (Å²) in [7, 11) is 1.68. The van der Waals surface area contributed by atoms with Gasteiger partial charge in [0.2, 0.25) is 5.56 Å². The largest absolute Gasteiger partial charge is 0.497 e. The van der Waals surface area contributed by atoms with Gasteiger partial charge in [-0.3, -0.25) is 4.79 Å². The molecular weight excluding hydrogens is 338 g/mol. The Morgan fingerprint density at radius 1 is 1.00 bits per heavy atom. The van der Waals surface area contributed by atoms with Gasteiger partial charge < -0.3 is 14.1 Å². The van der Waals surface area contributed by atoms with E-state index in [2.05, 4.69) is 17.1 Å². The average molecular weight is 359 g/mol. The number of benzene rings is 2. The van der Waals surface area contributed by atoms with Crippen molar-refractivity contribution in [1.29, 1.82) is 0 Å². The van der Waals surface area contributed by atoms with Crippen LogP contribution >= 0.6 is 0 Å². The number of methoxy groups -OCH3 is 1. The zero-order chi connectivity index (χ0) is 18.6. The van der Waals surface area contributed by atoms with Gasteiger partial charge in [0.1, 0.15) is 17.1 Å². The van der Waals surface area contributed by atoms with E-state index in [1.165, 1.54) is 5.56 Å². The van der Waals surface area contributed by atoms with E-state index in [1.807, 2.05) is 42.5 Å². The molecule has 2 aromatic heterocycles. The van der Waals surface area contributed by atoms with Crippen LogP contribution < -0.4 is 10.3 Å². The monoisotopic (exact) mass is 359 g/mol. The second-order valence-electron chi connectivity index (χ2n) is 6.55. The number of aromatic amines is 1. The molecule has 4 aromatic rings. The fraction of sp³-hybridized carbons (Fsp3) is 0.174. The van der Waals surface area contributed by atoms with Gasteiger partial charge in [-0.15, -0.1) is 0 Å². The predicted molar refractivity (Wildman–Crippen MR) is 107 cm³/mol. The van der Waals surface area contributed by atoms with Gasteiger partial charge in [-0.25, -0.2) is 0 Å². The fourth-order valence-corrected chi connectivity index (χ4v) is 3.39. The van der Waals surface area contributed by atoms with Crippen molar-refractivity contribution < 1.29 is 9.15 Å². The van der Waals surface area contributed by atoms with Gasteiger partial charge in [-0.1, -0.05) is 36.4 Å². The highest BCUT2D eigenvalue weighted by Gasteiger charge is 2.16. The van der Waals surface area contributed by atoms with E-state index < -0.39 is 0 Å². The van der Waals surface area contributed by atoms with Gasteiger partial charge in [0.05, 0.1) is 7.11 Å².